The molecule has 0 aliphatic heterocycles. The Morgan fingerprint density at radius 2 is 1.64 bits per heavy atom. The van der Waals surface area contributed by atoms with Crippen molar-refractivity contribution in [2.24, 2.45) is 0 Å². The normalized spacial score (nSPS) is 12.4. The van der Waals surface area contributed by atoms with Crippen molar-refractivity contribution in [1.82, 2.24) is 9.88 Å². The molecule has 0 spiro atoms. The maximum atomic E-state index is 14.1. The van der Waals surface area contributed by atoms with Crippen LogP contribution >= 0.6 is 0 Å². The number of benzene rings is 3. The SMILES string of the molecule is CC(C)n1c(C=C[C@@H](O)C[C@@H](O)CC(=O)O)c(-c2ccc(F)cc2)c(-c2ccccc2)c1C(=O)NCc1cccc(C#N)c1.[NaH]. The van der Waals surface area contributed by atoms with Crippen LogP contribution in [0.25, 0.3) is 28.3 Å². The molecule has 3 aromatic carbocycles. The predicted octanol–water partition coefficient (Wildman–Crippen LogP) is 5.30. The van der Waals surface area contributed by atoms with Crippen molar-refractivity contribution in [2.75, 3.05) is 0 Å². The number of carbonyl (C=O) groups excluding carboxylic acids is 1. The molecule has 0 bridgehead atoms. The average Bonchev–Trinajstić information content (AvgIpc) is 3.35. The summed E-state index contributed by atoms with van der Waals surface area (Å²) < 4.78 is 15.9. The first kappa shape index (κ1) is 35.4. The van der Waals surface area contributed by atoms with E-state index in [0.29, 0.717) is 33.6 Å². The van der Waals surface area contributed by atoms with Gasteiger partial charge in [0.2, 0.25) is 0 Å². The second kappa shape index (κ2) is 16.3. The van der Waals surface area contributed by atoms with Crippen molar-refractivity contribution in [2.45, 2.75) is 51.5 Å². The average molecular weight is 620 g/mol. The Balaban J connectivity index is 0.00000552. The van der Waals surface area contributed by atoms with E-state index in [1.807, 2.05) is 54.8 Å². The zero-order chi connectivity index (χ0) is 31.8. The Hall–Kier alpha value is -4.04. The number of rotatable bonds is 12. The van der Waals surface area contributed by atoms with Crippen LogP contribution in [0, 0.1) is 17.1 Å². The third-order valence-corrected chi connectivity index (χ3v) is 7.08. The molecule has 0 saturated heterocycles. The number of nitrogens with one attached hydrogen (secondary N) is 1. The van der Waals surface area contributed by atoms with Gasteiger partial charge in [0.25, 0.3) is 5.91 Å². The number of amides is 1. The summed E-state index contributed by atoms with van der Waals surface area (Å²) in [7, 11) is 0. The van der Waals surface area contributed by atoms with Gasteiger partial charge < -0.3 is 25.2 Å². The second-order valence-electron chi connectivity index (χ2n) is 10.7. The molecule has 10 heteroatoms. The number of aliphatic hydroxyl groups is 2. The number of carbonyl (C=O) groups is 2. The summed E-state index contributed by atoms with van der Waals surface area (Å²) in [6.45, 7) is 4.00. The molecule has 8 nitrogen and oxygen atoms in total. The molecule has 1 heterocycles. The zero-order valence-corrected chi connectivity index (χ0v) is 24.4. The first-order valence-electron chi connectivity index (χ1n) is 14.2. The molecule has 1 amide bonds. The Kier molecular flexibility index (Phi) is 12.9. The molecule has 4 N–H and O–H groups in total. The summed E-state index contributed by atoms with van der Waals surface area (Å²) in [6, 6.07) is 24.1. The second-order valence-corrected chi connectivity index (χ2v) is 10.7. The molecule has 0 saturated carbocycles. The number of carboxylic acids is 1. The monoisotopic (exact) mass is 619 g/mol. The zero-order valence-electron chi connectivity index (χ0n) is 24.4. The molecule has 4 aromatic rings. The molecule has 0 unspecified atom stereocenters. The number of carboxylic acid groups (broad SMARTS) is 1. The van der Waals surface area contributed by atoms with E-state index in [-0.39, 0.29) is 54.5 Å². The molecule has 45 heavy (non-hydrogen) atoms. The van der Waals surface area contributed by atoms with Crippen LogP contribution in [0.2, 0.25) is 0 Å². The van der Waals surface area contributed by atoms with Crippen molar-refractivity contribution >= 4 is 47.5 Å². The van der Waals surface area contributed by atoms with Gasteiger partial charge in [-0.05, 0) is 60.9 Å². The number of hydrogen-bond acceptors (Lipinski definition) is 5. The summed E-state index contributed by atoms with van der Waals surface area (Å²) >= 11 is 0. The summed E-state index contributed by atoms with van der Waals surface area (Å²) in [4.78, 5) is 25.1. The molecule has 0 aliphatic carbocycles. The molecule has 1 aromatic heterocycles. The summed E-state index contributed by atoms with van der Waals surface area (Å²) in [5.41, 5.74) is 4.77. The standard InChI is InChI=1S/C35H34FN3O5.Na.H/c1-22(2)39-30(16-15-28(40)18-29(41)19-31(42)43)32(26-11-13-27(36)14-12-26)33(25-9-4-3-5-10-25)34(39)35(44)38-21-24-8-6-7-23(17-24)20-37;;/h3-17,22,28-29,40-41H,18-19,21H2,1-2H3,(H,38,44)(H,42,43);;/t28-,29-;;/m1../s1. The molecule has 2 atom stereocenters. The molecule has 0 fully saturated rings. The van der Waals surface area contributed by atoms with Crippen LogP contribution in [-0.4, -0.2) is 73.5 Å². The van der Waals surface area contributed by atoms with Gasteiger partial charge in [-0.1, -0.05) is 60.7 Å². The van der Waals surface area contributed by atoms with Crippen LogP contribution in [0.1, 0.15) is 60.0 Å². The fourth-order valence-corrected chi connectivity index (χ4v) is 5.19. The van der Waals surface area contributed by atoms with Crippen molar-refractivity contribution < 1.29 is 29.3 Å². The van der Waals surface area contributed by atoms with Crippen molar-refractivity contribution in [3.8, 4) is 28.3 Å². The van der Waals surface area contributed by atoms with E-state index < -0.39 is 30.4 Å². The topological polar surface area (TPSA) is 136 Å². The minimum absolute atomic E-state index is 0. The van der Waals surface area contributed by atoms with Crippen molar-refractivity contribution in [3.05, 3.63) is 113 Å². The van der Waals surface area contributed by atoms with Gasteiger partial charge in [-0.15, -0.1) is 0 Å². The molecule has 4 rings (SSSR count). The number of nitrogens with zero attached hydrogens (tertiary/aromatic N) is 2. The van der Waals surface area contributed by atoms with E-state index >= 15 is 0 Å². The number of aromatic nitrogens is 1. The fraction of sp³-hybridized carbons (Fsp3) is 0.229. The van der Waals surface area contributed by atoms with Gasteiger partial charge in [-0.3, -0.25) is 9.59 Å². The Morgan fingerprint density at radius 3 is 2.27 bits per heavy atom. The Morgan fingerprint density at radius 1 is 0.978 bits per heavy atom. The first-order chi connectivity index (χ1) is 21.1. The van der Waals surface area contributed by atoms with Crippen LogP contribution in [0.4, 0.5) is 4.39 Å². The van der Waals surface area contributed by atoms with E-state index in [4.69, 9.17) is 5.11 Å². The number of aliphatic carboxylic acids is 1. The summed E-state index contributed by atoms with van der Waals surface area (Å²) in [6.07, 6.45) is -0.0230. The van der Waals surface area contributed by atoms with Crippen LogP contribution in [-0.2, 0) is 11.3 Å². The third-order valence-electron chi connectivity index (χ3n) is 7.08. The number of hydrogen-bond donors (Lipinski definition) is 4. The van der Waals surface area contributed by atoms with Crippen LogP contribution in [0.5, 0.6) is 0 Å². The van der Waals surface area contributed by atoms with Crippen molar-refractivity contribution in [3.63, 3.8) is 0 Å². The minimum atomic E-state index is -1.25. The fourth-order valence-electron chi connectivity index (χ4n) is 5.19. The molecule has 0 radical (unpaired) electrons. The van der Waals surface area contributed by atoms with Gasteiger partial charge in [0.15, 0.2) is 0 Å². The van der Waals surface area contributed by atoms with Gasteiger partial charge in [0.05, 0.1) is 30.3 Å². The summed E-state index contributed by atoms with van der Waals surface area (Å²) in [5.74, 6) is -1.97. The van der Waals surface area contributed by atoms with Gasteiger partial charge in [-0.2, -0.15) is 5.26 Å². The van der Waals surface area contributed by atoms with Crippen LogP contribution in [0.3, 0.4) is 0 Å². The van der Waals surface area contributed by atoms with Gasteiger partial charge in [0.1, 0.15) is 11.5 Å². The number of halogens is 1. The Labute approximate surface area is 283 Å². The molecule has 228 valence electrons. The predicted molar refractivity (Wildman–Crippen MR) is 173 cm³/mol. The van der Waals surface area contributed by atoms with Gasteiger partial charge in [-0.25, -0.2) is 4.39 Å². The maximum absolute atomic E-state index is 14.1. The Bertz CT molecular complexity index is 1690. The van der Waals surface area contributed by atoms with E-state index in [1.165, 1.54) is 18.2 Å². The molecular formula is C35H35FN3NaO5. The van der Waals surface area contributed by atoms with E-state index in [9.17, 15) is 29.5 Å². The first-order valence-corrected chi connectivity index (χ1v) is 14.2. The van der Waals surface area contributed by atoms with Crippen LogP contribution in [0.15, 0.2) is 84.9 Å². The summed E-state index contributed by atoms with van der Waals surface area (Å²) in [5, 5.41) is 42.0. The van der Waals surface area contributed by atoms with E-state index in [1.54, 1.807) is 36.4 Å². The van der Waals surface area contributed by atoms with Gasteiger partial charge >= 0.3 is 35.5 Å². The van der Waals surface area contributed by atoms with E-state index in [0.717, 1.165) is 11.1 Å². The van der Waals surface area contributed by atoms with Gasteiger partial charge in [0, 0.05) is 35.8 Å². The van der Waals surface area contributed by atoms with Crippen molar-refractivity contribution in [1.29, 1.82) is 5.26 Å². The molecule has 0 aliphatic rings. The number of nitriles is 1. The number of aliphatic hydroxyl groups excluding tert-OH is 2. The van der Waals surface area contributed by atoms with Crippen LogP contribution < -0.4 is 5.32 Å². The quantitative estimate of drug-likeness (QED) is 0.159. The van der Waals surface area contributed by atoms with E-state index in [2.05, 4.69) is 11.4 Å². The molecular weight excluding hydrogens is 584 g/mol. The third kappa shape index (κ3) is 9.01.